The lowest BCUT2D eigenvalue weighted by Gasteiger charge is -2.08. The van der Waals surface area contributed by atoms with E-state index in [0.717, 1.165) is 10.1 Å². The number of benzene rings is 2. The number of hydrogen-bond acceptors (Lipinski definition) is 5. The fourth-order valence-electron chi connectivity index (χ4n) is 2.73. The van der Waals surface area contributed by atoms with Gasteiger partial charge in [-0.05, 0) is 48.5 Å². The van der Waals surface area contributed by atoms with Gasteiger partial charge in [0.1, 0.15) is 4.88 Å². The topological polar surface area (TPSA) is 100 Å². The number of rotatable bonds is 4. The third kappa shape index (κ3) is 4.56. The average Bonchev–Trinajstić information content (AvgIpc) is 3.41. The molecule has 0 saturated carbocycles. The highest BCUT2D eigenvalue weighted by atomic mass is 35.5. The van der Waals surface area contributed by atoms with E-state index in [0.29, 0.717) is 20.6 Å². The van der Waals surface area contributed by atoms with Crippen LogP contribution in [0.1, 0.15) is 30.6 Å². The second-order valence-corrected chi connectivity index (χ2v) is 8.17. The van der Waals surface area contributed by atoms with E-state index in [2.05, 4.69) is 16.2 Å². The van der Waals surface area contributed by atoms with Crippen molar-refractivity contribution in [2.45, 2.75) is 0 Å². The quantitative estimate of drug-likeness (QED) is 0.357. The maximum Gasteiger partial charge on any atom is 0.305 e. The molecule has 0 aliphatic rings. The number of furan rings is 1. The maximum atomic E-state index is 12.6. The highest BCUT2D eigenvalue weighted by molar-refractivity contribution is 7.21. The van der Waals surface area contributed by atoms with Crippen LogP contribution in [0.2, 0.25) is 10.0 Å². The van der Waals surface area contributed by atoms with Gasteiger partial charge < -0.3 is 9.73 Å². The molecule has 2 aromatic heterocycles. The molecule has 0 spiro atoms. The third-order valence-electron chi connectivity index (χ3n) is 4.24. The number of fused-ring (bicyclic) bond motifs is 1. The van der Waals surface area contributed by atoms with Gasteiger partial charge in [-0.2, -0.15) is 0 Å². The average molecular weight is 474 g/mol. The molecule has 156 valence electrons. The van der Waals surface area contributed by atoms with Gasteiger partial charge in [0.05, 0.1) is 11.3 Å². The Hall–Kier alpha value is -3.33. The number of amides is 3. The molecular formula is C21H13Cl2N3O4S. The molecular weight excluding hydrogens is 461 g/mol. The molecule has 10 heteroatoms. The molecule has 2 heterocycles. The van der Waals surface area contributed by atoms with Crippen LogP contribution in [0.3, 0.4) is 0 Å². The molecule has 3 amide bonds. The van der Waals surface area contributed by atoms with E-state index in [4.69, 9.17) is 27.6 Å². The molecule has 0 aliphatic heterocycles. The van der Waals surface area contributed by atoms with Crippen LogP contribution < -0.4 is 16.2 Å². The Labute approximate surface area is 189 Å². The Morgan fingerprint density at radius 3 is 2.32 bits per heavy atom. The summed E-state index contributed by atoms with van der Waals surface area (Å²) in [5.41, 5.74) is 5.30. The number of carbonyl (C=O) groups is 3. The summed E-state index contributed by atoms with van der Waals surface area (Å²) in [6, 6.07) is 14.4. The van der Waals surface area contributed by atoms with Crippen molar-refractivity contribution in [3.8, 4) is 0 Å². The van der Waals surface area contributed by atoms with Gasteiger partial charge in [-0.15, -0.1) is 11.3 Å². The van der Waals surface area contributed by atoms with Crippen LogP contribution in [0.4, 0.5) is 5.69 Å². The zero-order valence-electron chi connectivity index (χ0n) is 15.6. The van der Waals surface area contributed by atoms with E-state index >= 15 is 0 Å². The van der Waals surface area contributed by atoms with E-state index in [1.54, 1.807) is 36.4 Å². The summed E-state index contributed by atoms with van der Waals surface area (Å²) < 4.78 is 5.75. The van der Waals surface area contributed by atoms with Crippen molar-refractivity contribution in [3.63, 3.8) is 0 Å². The van der Waals surface area contributed by atoms with Crippen molar-refractivity contribution in [1.82, 2.24) is 10.9 Å². The second-order valence-electron chi connectivity index (χ2n) is 6.30. The van der Waals surface area contributed by atoms with Crippen LogP contribution in [0.5, 0.6) is 0 Å². The lowest BCUT2D eigenvalue weighted by molar-refractivity contribution is 0.0831. The van der Waals surface area contributed by atoms with Gasteiger partial charge in [0, 0.05) is 26.4 Å². The molecule has 0 unspecified atom stereocenters. The first-order valence-electron chi connectivity index (χ1n) is 8.85. The first-order valence-corrected chi connectivity index (χ1v) is 10.4. The van der Waals surface area contributed by atoms with E-state index < -0.39 is 11.8 Å². The Morgan fingerprint density at radius 1 is 0.871 bits per heavy atom. The van der Waals surface area contributed by atoms with Crippen LogP contribution in [0, 0.1) is 0 Å². The largest absolute Gasteiger partial charge is 0.459 e. The molecule has 2 aromatic carbocycles. The standard InChI is InChI=1S/C21H13Cl2N3O4S/c22-12-5-8-14-16(10-12)31-18(17(14)23)21(29)24-13-6-3-11(4-7-13)19(27)25-26-20(28)15-2-1-9-30-15/h1-10H,(H,24,29)(H,25,27)(H,26,28). The second kappa shape index (κ2) is 8.81. The van der Waals surface area contributed by atoms with Gasteiger partial charge >= 0.3 is 5.91 Å². The first kappa shape index (κ1) is 20.9. The fraction of sp³-hybridized carbons (Fsp3) is 0. The Bertz CT molecular complexity index is 1280. The summed E-state index contributed by atoms with van der Waals surface area (Å²) in [7, 11) is 0. The summed E-state index contributed by atoms with van der Waals surface area (Å²) in [6.07, 6.45) is 1.35. The summed E-state index contributed by atoms with van der Waals surface area (Å²) in [5, 5.41) is 4.42. The zero-order chi connectivity index (χ0) is 22.0. The summed E-state index contributed by atoms with van der Waals surface area (Å²) >= 11 is 13.6. The molecule has 7 nitrogen and oxygen atoms in total. The predicted molar refractivity (Wildman–Crippen MR) is 120 cm³/mol. The highest BCUT2D eigenvalue weighted by Gasteiger charge is 2.18. The van der Waals surface area contributed by atoms with E-state index in [-0.39, 0.29) is 17.2 Å². The van der Waals surface area contributed by atoms with E-state index in [9.17, 15) is 14.4 Å². The number of hydrogen-bond donors (Lipinski definition) is 3. The monoisotopic (exact) mass is 473 g/mol. The lowest BCUT2D eigenvalue weighted by Crippen LogP contribution is -2.41. The first-order chi connectivity index (χ1) is 14.9. The Kier molecular flexibility index (Phi) is 5.94. The smallest absolute Gasteiger partial charge is 0.305 e. The minimum absolute atomic E-state index is 0.0699. The number of thiophene rings is 1. The molecule has 3 N–H and O–H groups in total. The fourth-order valence-corrected chi connectivity index (χ4v) is 4.42. The van der Waals surface area contributed by atoms with Crippen LogP contribution in [0.15, 0.2) is 65.3 Å². The van der Waals surface area contributed by atoms with Crippen molar-refractivity contribution in [2.24, 2.45) is 0 Å². The minimum Gasteiger partial charge on any atom is -0.459 e. The Morgan fingerprint density at radius 2 is 1.61 bits per heavy atom. The maximum absolute atomic E-state index is 12.6. The molecule has 0 saturated heterocycles. The molecule has 0 atom stereocenters. The van der Waals surface area contributed by atoms with Crippen molar-refractivity contribution < 1.29 is 18.8 Å². The number of halogens is 2. The zero-order valence-corrected chi connectivity index (χ0v) is 17.9. The summed E-state index contributed by atoms with van der Waals surface area (Å²) in [4.78, 5) is 37.0. The van der Waals surface area contributed by atoms with Crippen molar-refractivity contribution in [1.29, 1.82) is 0 Å². The molecule has 31 heavy (non-hydrogen) atoms. The van der Waals surface area contributed by atoms with Crippen molar-refractivity contribution in [2.75, 3.05) is 5.32 Å². The molecule has 0 bridgehead atoms. The van der Waals surface area contributed by atoms with Gasteiger partial charge in [-0.25, -0.2) is 0 Å². The number of anilines is 1. The molecule has 4 rings (SSSR count). The molecule has 4 aromatic rings. The van der Waals surface area contributed by atoms with Crippen LogP contribution in [-0.2, 0) is 0 Å². The van der Waals surface area contributed by atoms with E-state index in [1.807, 2.05) is 0 Å². The third-order valence-corrected chi connectivity index (χ3v) is 6.13. The normalized spacial score (nSPS) is 10.6. The molecule has 0 radical (unpaired) electrons. The number of carbonyl (C=O) groups excluding carboxylic acids is 3. The van der Waals surface area contributed by atoms with Crippen molar-refractivity contribution >= 4 is 68.0 Å². The summed E-state index contributed by atoms with van der Waals surface area (Å²) in [6.45, 7) is 0. The minimum atomic E-state index is -0.580. The van der Waals surface area contributed by atoms with Gasteiger partial charge in [-0.1, -0.05) is 29.3 Å². The van der Waals surface area contributed by atoms with Gasteiger partial charge in [0.15, 0.2) is 5.76 Å². The molecule has 0 aliphatic carbocycles. The lowest BCUT2D eigenvalue weighted by atomic mass is 10.2. The predicted octanol–water partition coefficient (Wildman–Crippen LogP) is 5.13. The SMILES string of the molecule is O=C(NNC(=O)c1ccco1)c1ccc(NC(=O)c2sc3cc(Cl)ccc3c2Cl)cc1. The van der Waals surface area contributed by atoms with Crippen LogP contribution >= 0.6 is 34.5 Å². The molecule has 0 fully saturated rings. The summed E-state index contributed by atoms with van der Waals surface area (Å²) in [5.74, 6) is -1.41. The van der Waals surface area contributed by atoms with Gasteiger partial charge in [0.2, 0.25) is 0 Å². The highest BCUT2D eigenvalue weighted by Crippen LogP contribution is 2.37. The number of nitrogens with one attached hydrogen (secondary N) is 3. The van der Waals surface area contributed by atoms with Crippen molar-refractivity contribution in [3.05, 3.63) is 87.1 Å². The Balaban J connectivity index is 1.40. The van der Waals surface area contributed by atoms with Crippen LogP contribution in [-0.4, -0.2) is 17.7 Å². The number of hydrazine groups is 1. The van der Waals surface area contributed by atoms with Crippen LogP contribution in [0.25, 0.3) is 10.1 Å². The van der Waals surface area contributed by atoms with Gasteiger partial charge in [0.25, 0.3) is 11.8 Å². The van der Waals surface area contributed by atoms with Gasteiger partial charge in [-0.3, -0.25) is 25.2 Å². The van der Waals surface area contributed by atoms with E-state index in [1.165, 1.54) is 35.8 Å².